The highest BCUT2D eigenvalue weighted by Gasteiger charge is 2.25. The van der Waals surface area contributed by atoms with Crippen molar-refractivity contribution >= 4 is 5.78 Å². The molecule has 0 saturated carbocycles. The second kappa shape index (κ2) is 3.91. The van der Waals surface area contributed by atoms with Gasteiger partial charge in [-0.1, -0.05) is 23.8 Å². The molecule has 1 N–H and O–H groups in total. The van der Waals surface area contributed by atoms with Crippen LogP contribution in [0.15, 0.2) is 29.1 Å². The number of hydrogen-bond donors (Lipinski definition) is 1. The van der Waals surface area contributed by atoms with Crippen molar-refractivity contribution in [3.05, 3.63) is 51.6 Å². The lowest BCUT2D eigenvalue weighted by molar-refractivity contribution is 0.0995. The number of Topliss-reactive ketones (excluding diaryl/α,β-unsaturated/α-hetero) is 1. The van der Waals surface area contributed by atoms with E-state index in [1.807, 2.05) is 31.2 Å². The van der Waals surface area contributed by atoms with Crippen LogP contribution in [-0.2, 0) is 6.42 Å². The van der Waals surface area contributed by atoms with Gasteiger partial charge in [-0.25, -0.2) is 4.79 Å². The molecule has 0 atom stereocenters. The molecule has 3 rings (SSSR count). The monoisotopic (exact) mass is 240 g/mol. The molecular formula is C14H12N2O2. The Kier molecular flexibility index (Phi) is 2.37. The van der Waals surface area contributed by atoms with Crippen molar-refractivity contribution in [2.24, 2.45) is 0 Å². The molecule has 4 nitrogen and oxygen atoms in total. The molecule has 1 aromatic heterocycles. The standard InChI is InChI=1S/C14H12N2O2/c1-8-3-2-4-9(7-8)13-12-10(5-6-11(12)17)15-14(18)16-13/h2-4,7H,5-6H2,1H3,(H,15,16,18). The van der Waals surface area contributed by atoms with E-state index in [0.29, 0.717) is 24.1 Å². The number of benzene rings is 1. The summed E-state index contributed by atoms with van der Waals surface area (Å²) in [6, 6.07) is 7.69. The van der Waals surface area contributed by atoms with Crippen LogP contribution >= 0.6 is 0 Å². The summed E-state index contributed by atoms with van der Waals surface area (Å²) < 4.78 is 0. The van der Waals surface area contributed by atoms with Gasteiger partial charge < -0.3 is 4.98 Å². The van der Waals surface area contributed by atoms with Gasteiger partial charge in [0.1, 0.15) is 0 Å². The Hall–Kier alpha value is -2.23. The lowest BCUT2D eigenvalue weighted by atomic mass is 10.0. The van der Waals surface area contributed by atoms with E-state index < -0.39 is 0 Å². The summed E-state index contributed by atoms with van der Waals surface area (Å²) in [7, 11) is 0. The van der Waals surface area contributed by atoms with E-state index >= 15 is 0 Å². The normalized spacial score (nSPS) is 13.7. The van der Waals surface area contributed by atoms with Gasteiger partial charge in [-0.3, -0.25) is 4.79 Å². The number of fused-ring (bicyclic) bond motifs is 1. The van der Waals surface area contributed by atoms with E-state index in [4.69, 9.17) is 0 Å². The molecule has 1 aromatic carbocycles. The minimum atomic E-state index is -0.389. The Labute approximate surface area is 104 Å². The van der Waals surface area contributed by atoms with E-state index in [0.717, 1.165) is 16.8 Å². The molecule has 1 heterocycles. The largest absolute Gasteiger partial charge is 0.345 e. The predicted molar refractivity (Wildman–Crippen MR) is 67.7 cm³/mol. The third kappa shape index (κ3) is 1.66. The van der Waals surface area contributed by atoms with Gasteiger partial charge >= 0.3 is 5.69 Å². The molecule has 1 aliphatic carbocycles. The summed E-state index contributed by atoms with van der Waals surface area (Å²) >= 11 is 0. The zero-order valence-corrected chi connectivity index (χ0v) is 9.99. The zero-order chi connectivity index (χ0) is 12.7. The molecule has 0 unspecified atom stereocenters. The van der Waals surface area contributed by atoms with Crippen LogP contribution in [0.2, 0.25) is 0 Å². The summed E-state index contributed by atoms with van der Waals surface area (Å²) in [4.78, 5) is 30.1. The highest BCUT2D eigenvalue weighted by atomic mass is 16.1. The van der Waals surface area contributed by atoms with Crippen molar-refractivity contribution in [3.8, 4) is 11.3 Å². The molecule has 0 bridgehead atoms. The van der Waals surface area contributed by atoms with Crippen LogP contribution in [0.5, 0.6) is 0 Å². The number of H-pyrrole nitrogens is 1. The molecule has 0 fully saturated rings. The number of rotatable bonds is 1. The summed E-state index contributed by atoms with van der Waals surface area (Å²) in [5.41, 5.74) is 3.33. The van der Waals surface area contributed by atoms with Crippen molar-refractivity contribution in [3.63, 3.8) is 0 Å². The number of carbonyl (C=O) groups excluding carboxylic acids is 1. The third-order valence-corrected chi connectivity index (χ3v) is 3.18. The van der Waals surface area contributed by atoms with E-state index in [-0.39, 0.29) is 11.5 Å². The Balaban J connectivity index is 2.30. The maximum absolute atomic E-state index is 11.9. The van der Waals surface area contributed by atoms with Crippen LogP contribution in [0.25, 0.3) is 11.3 Å². The van der Waals surface area contributed by atoms with Crippen molar-refractivity contribution in [1.82, 2.24) is 9.97 Å². The zero-order valence-electron chi connectivity index (χ0n) is 9.99. The van der Waals surface area contributed by atoms with Crippen LogP contribution in [-0.4, -0.2) is 15.8 Å². The van der Waals surface area contributed by atoms with Crippen LogP contribution in [0.3, 0.4) is 0 Å². The topological polar surface area (TPSA) is 62.8 Å². The molecule has 0 spiro atoms. The first kappa shape index (κ1) is 10.9. The van der Waals surface area contributed by atoms with Gasteiger partial charge in [0, 0.05) is 17.7 Å². The molecule has 0 aliphatic heterocycles. The van der Waals surface area contributed by atoms with Gasteiger partial charge in [0.15, 0.2) is 5.78 Å². The first-order valence-corrected chi connectivity index (χ1v) is 5.88. The van der Waals surface area contributed by atoms with Crippen molar-refractivity contribution in [1.29, 1.82) is 0 Å². The molecule has 0 radical (unpaired) electrons. The lowest BCUT2D eigenvalue weighted by Crippen LogP contribution is -2.15. The predicted octanol–water partition coefficient (Wildman–Crippen LogP) is 1.87. The quantitative estimate of drug-likeness (QED) is 0.827. The average Bonchev–Trinajstić information content (AvgIpc) is 2.70. The Morgan fingerprint density at radius 3 is 2.83 bits per heavy atom. The molecule has 2 aromatic rings. The summed E-state index contributed by atoms with van der Waals surface area (Å²) in [5.74, 6) is 0.0604. The van der Waals surface area contributed by atoms with Gasteiger partial charge in [-0.05, 0) is 19.4 Å². The van der Waals surface area contributed by atoms with Crippen molar-refractivity contribution in [2.75, 3.05) is 0 Å². The van der Waals surface area contributed by atoms with Crippen LogP contribution in [0.4, 0.5) is 0 Å². The highest BCUT2D eigenvalue weighted by molar-refractivity contribution is 6.04. The number of aromatic amines is 1. The average molecular weight is 240 g/mol. The van der Waals surface area contributed by atoms with E-state index in [2.05, 4.69) is 9.97 Å². The molecule has 0 saturated heterocycles. The van der Waals surface area contributed by atoms with E-state index in [1.165, 1.54) is 0 Å². The Bertz CT molecular complexity index is 701. The maximum Gasteiger partial charge on any atom is 0.345 e. The van der Waals surface area contributed by atoms with E-state index in [9.17, 15) is 9.59 Å². The Morgan fingerprint density at radius 1 is 1.22 bits per heavy atom. The minimum Gasteiger partial charge on any atom is -0.309 e. The fourth-order valence-electron chi connectivity index (χ4n) is 2.37. The maximum atomic E-state index is 11.9. The molecular weight excluding hydrogens is 228 g/mol. The Morgan fingerprint density at radius 2 is 2.06 bits per heavy atom. The summed E-state index contributed by atoms with van der Waals surface area (Å²) in [6.07, 6.45) is 1.06. The van der Waals surface area contributed by atoms with Gasteiger partial charge in [-0.2, -0.15) is 4.98 Å². The number of aryl methyl sites for hydroxylation is 2. The van der Waals surface area contributed by atoms with Gasteiger partial charge in [0.05, 0.1) is 11.3 Å². The van der Waals surface area contributed by atoms with Gasteiger partial charge in [0.25, 0.3) is 0 Å². The third-order valence-electron chi connectivity index (χ3n) is 3.18. The number of carbonyl (C=O) groups is 1. The minimum absolute atomic E-state index is 0.0604. The van der Waals surface area contributed by atoms with Crippen LogP contribution in [0, 0.1) is 6.92 Å². The van der Waals surface area contributed by atoms with Crippen LogP contribution < -0.4 is 5.69 Å². The fourth-order valence-corrected chi connectivity index (χ4v) is 2.37. The molecule has 4 heteroatoms. The molecule has 1 aliphatic rings. The lowest BCUT2D eigenvalue weighted by Gasteiger charge is -2.06. The molecule has 90 valence electrons. The second-order valence-corrected chi connectivity index (χ2v) is 4.54. The number of ketones is 1. The molecule has 0 amide bonds. The number of nitrogens with zero attached hydrogens (tertiary/aromatic N) is 1. The molecule has 18 heavy (non-hydrogen) atoms. The number of nitrogens with one attached hydrogen (secondary N) is 1. The summed E-state index contributed by atoms with van der Waals surface area (Å²) in [5, 5.41) is 0. The first-order valence-electron chi connectivity index (χ1n) is 5.88. The van der Waals surface area contributed by atoms with Crippen molar-refractivity contribution in [2.45, 2.75) is 19.8 Å². The first-order chi connectivity index (χ1) is 8.65. The smallest absolute Gasteiger partial charge is 0.309 e. The van der Waals surface area contributed by atoms with E-state index in [1.54, 1.807) is 0 Å². The number of aromatic nitrogens is 2. The van der Waals surface area contributed by atoms with Gasteiger partial charge in [-0.15, -0.1) is 0 Å². The fraction of sp³-hybridized carbons (Fsp3) is 0.214. The SMILES string of the molecule is Cc1cccc(-c2nc(=O)[nH]c3c2C(=O)CC3)c1. The van der Waals surface area contributed by atoms with Gasteiger partial charge in [0.2, 0.25) is 0 Å². The second-order valence-electron chi connectivity index (χ2n) is 4.54. The van der Waals surface area contributed by atoms with Crippen LogP contribution in [0.1, 0.15) is 28.0 Å². The van der Waals surface area contributed by atoms with Crippen molar-refractivity contribution < 1.29 is 4.79 Å². The number of hydrogen-bond acceptors (Lipinski definition) is 3. The highest BCUT2D eigenvalue weighted by Crippen LogP contribution is 2.28. The summed E-state index contributed by atoms with van der Waals surface area (Å²) in [6.45, 7) is 1.97.